The van der Waals surface area contributed by atoms with Gasteiger partial charge in [-0.1, -0.05) is 12.1 Å². The first kappa shape index (κ1) is 23.7. The molecule has 1 N–H and O–H groups in total. The maximum absolute atomic E-state index is 13.0. The molecule has 10 heteroatoms. The van der Waals surface area contributed by atoms with Crippen LogP contribution in [-0.4, -0.2) is 45.0 Å². The SMILES string of the molecule is COc1cc(NC(=O)c2ccc(-c3cccc(C(F)(F)F)c3)o2)c(C(=O)N(C)C)cc1OC. The van der Waals surface area contributed by atoms with Crippen molar-refractivity contribution in [3.8, 4) is 22.8 Å². The number of nitrogens with zero attached hydrogens (tertiary/aromatic N) is 1. The first-order valence-electron chi connectivity index (χ1n) is 9.61. The molecule has 2 aromatic carbocycles. The number of halogens is 3. The number of rotatable bonds is 6. The largest absolute Gasteiger partial charge is 0.493 e. The molecule has 0 fully saturated rings. The van der Waals surface area contributed by atoms with Crippen molar-refractivity contribution in [3.05, 3.63) is 65.4 Å². The summed E-state index contributed by atoms with van der Waals surface area (Å²) >= 11 is 0. The molecule has 0 saturated carbocycles. The Balaban J connectivity index is 1.93. The van der Waals surface area contributed by atoms with E-state index in [9.17, 15) is 22.8 Å². The predicted molar refractivity (Wildman–Crippen MR) is 115 cm³/mol. The average Bonchev–Trinajstić information content (AvgIpc) is 3.28. The fourth-order valence-corrected chi connectivity index (χ4v) is 3.05. The number of anilines is 1. The summed E-state index contributed by atoms with van der Waals surface area (Å²) in [4.78, 5) is 26.7. The third kappa shape index (κ3) is 5.11. The second-order valence-corrected chi connectivity index (χ2v) is 7.15. The van der Waals surface area contributed by atoms with E-state index in [4.69, 9.17) is 13.9 Å². The second-order valence-electron chi connectivity index (χ2n) is 7.15. The minimum Gasteiger partial charge on any atom is -0.493 e. The smallest absolute Gasteiger partial charge is 0.416 e. The Morgan fingerprint density at radius 1 is 0.970 bits per heavy atom. The molecule has 1 aromatic heterocycles. The number of carbonyl (C=O) groups excluding carboxylic acids is 2. The summed E-state index contributed by atoms with van der Waals surface area (Å²) in [5, 5.41) is 2.59. The van der Waals surface area contributed by atoms with Gasteiger partial charge in [-0.3, -0.25) is 9.59 Å². The standard InChI is InChI=1S/C23H21F3N2O5/c1-28(2)22(30)15-11-19(31-3)20(32-4)12-16(15)27-21(29)18-9-8-17(33-18)13-6-5-7-14(10-13)23(24,25)26/h5-12H,1-4H3,(H,27,29). The predicted octanol–water partition coefficient (Wildman–Crippen LogP) is 4.94. The van der Waals surface area contributed by atoms with Gasteiger partial charge in [0.2, 0.25) is 0 Å². The average molecular weight is 462 g/mol. The van der Waals surface area contributed by atoms with Crippen molar-refractivity contribution in [1.82, 2.24) is 4.90 Å². The van der Waals surface area contributed by atoms with Crippen LogP contribution in [0.2, 0.25) is 0 Å². The second kappa shape index (κ2) is 9.27. The Kier molecular flexibility index (Phi) is 6.66. The fraction of sp³-hybridized carbons (Fsp3) is 0.217. The Hall–Kier alpha value is -3.95. The topological polar surface area (TPSA) is 81.0 Å². The summed E-state index contributed by atoms with van der Waals surface area (Å²) < 4.78 is 54.9. The van der Waals surface area contributed by atoms with E-state index in [1.165, 1.54) is 55.5 Å². The minimum atomic E-state index is -4.51. The van der Waals surface area contributed by atoms with Gasteiger partial charge in [-0.15, -0.1) is 0 Å². The molecule has 0 unspecified atom stereocenters. The van der Waals surface area contributed by atoms with Crippen molar-refractivity contribution in [1.29, 1.82) is 0 Å². The van der Waals surface area contributed by atoms with Crippen LogP contribution in [0.25, 0.3) is 11.3 Å². The molecule has 33 heavy (non-hydrogen) atoms. The molecule has 3 aromatic rings. The van der Waals surface area contributed by atoms with Crippen LogP contribution in [0.3, 0.4) is 0 Å². The van der Waals surface area contributed by atoms with Crippen LogP contribution in [0.5, 0.6) is 11.5 Å². The molecule has 3 rings (SSSR count). The zero-order valence-electron chi connectivity index (χ0n) is 18.2. The molecule has 7 nitrogen and oxygen atoms in total. The molecule has 0 saturated heterocycles. The molecule has 1 heterocycles. The molecular weight excluding hydrogens is 441 g/mol. The lowest BCUT2D eigenvalue weighted by Crippen LogP contribution is -2.24. The Morgan fingerprint density at radius 3 is 2.24 bits per heavy atom. The van der Waals surface area contributed by atoms with Crippen LogP contribution in [0.4, 0.5) is 18.9 Å². The molecule has 0 bridgehead atoms. The number of hydrogen-bond donors (Lipinski definition) is 1. The maximum atomic E-state index is 13.0. The maximum Gasteiger partial charge on any atom is 0.416 e. The minimum absolute atomic E-state index is 0.0863. The normalized spacial score (nSPS) is 11.1. The number of furan rings is 1. The van der Waals surface area contributed by atoms with Crippen LogP contribution < -0.4 is 14.8 Å². The molecule has 0 aliphatic carbocycles. The van der Waals surface area contributed by atoms with Gasteiger partial charge >= 0.3 is 6.18 Å². The van der Waals surface area contributed by atoms with Gasteiger partial charge in [-0.25, -0.2) is 0 Å². The Labute approximate surface area is 187 Å². The van der Waals surface area contributed by atoms with Crippen LogP contribution in [0, 0.1) is 0 Å². The molecule has 174 valence electrons. The highest BCUT2D eigenvalue weighted by molar-refractivity contribution is 6.08. The van der Waals surface area contributed by atoms with Gasteiger partial charge in [-0.2, -0.15) is 13.2 Å². The number of methoxy groups -OCH3 is 2. The zero-order chi connectivity index (χ0) is 24.3. The molecule has 0 radical (unpaired) electrons. The highest BCUT2D eigenvalue weighted by Gasteiger charge is 2.30. The monoisotopic (exact) mass is 462 g/mol. The van der Waals surface area contributed by atoms with E-state index in [0.29, 0.717) is 5.75 Å². The summed E-state index contributed by atoms with van der Waals surface area (Å²) in [7, 11) is 5.93. The van der Waals surface area contributed by atoms with E-state index in [-0.39, 0.29) is 34.1 Å². The molecule has 0 atom stereocenters. The third-order valence-corrected chi connectivity index (χ3v) is 4.71. The van der Waals surface area contributed by atoms with Gasteiger partial charge in [0, 0.05) is 25.7 Å². The Morgan fingerprint density at radius 2 is 1.64 bits per heavy atom. The van der Waals surface area contributed by atoms with Gasteiger partial charge in [0.05, 0.1) is 31.0 Å². The fourth-order valence-electron chi connectivity index (χ4n) is 3.05. The van der Waals surface area contributed by atoms with E-state index in [1.807, 2.05) is 0 Å². The lowest BCUT2D eigenvalue weighted by Gasteiger charge is -2.17. The molecule has 0 aliphatic heterocycles. The number of alkyl halides is 3. The van der Waals surface area contributed by atoms with Crippen molar-refractivity contribution in [2.45, 2.75) is 6.18 Å². The summed E-state index contributed by atoms with van der Waals surface area (Å²) in [5.41, 5.74) is -0.373. The molecular formula is C23H21F3N2O5. The van der Waals surface area contributed by atoms with Crippen LogP contribution in [0.1, 0.15) is 26.5 Å². The van der Waals surface area contributed by atoms with Crippen molar-refractivity contribution in [2.24, 2.45) is 0 Å². The van der Waals surface area contributed by atoms with Gasteiger partial charge < -0.3 is 24.1 Å². The number of amides is 2. The van der Waals surface area contributed by atoms with E-state index in [1.54, 1.807) is 14.1 Å². The van der Waals surface area contributed by atoms with E-state index < -0.39 is 23.6 Å². The molecule has 0 aliphatic rings. The summed E-state index contributed by atoms with van der Waals surface area (Å²) in [6.07, 6.45) is -4.51. The van der Waals surface area contributed by atoms with Gasteiger partial charge in [0.25, 0.3) is 11.8 Å². The summed E-state index contributed by atoms with van der Waals surface area (Å²) in [6, 6.07) is 10.2. The number of carbonyl (C=O) groups is 2. The molecule has 2 amide bonds. The van der Waals surface area contributed by atoms with Gasteiger partial charge in [0.15, 0.2) is 17.3 Å². The van der Waals surface area contributed by atoms with Crippen molar-refractivity contribution < 1.29 is 36.7 Å². The lowest BCUT2D eigenvalue weighted by atomic mass is 10.1. The first-order chi connectivity index (χ1) is 15.5. The zero-order valence-corrected chi connectivity index (χ0v) is 18.2. The van der Waals surface area contributed by atoms with Gasteiger partial charge in [0.1, 0.15) is 5.76 Å². The van der Waals surface area contributed by atoms with Crippen LogP contribution in [0.15, 0.2) is 52.9 Å². The van der Waals surface area contributed by atoms with Crippen LogP contribution >= 0.6 is 0 Å². The van der Waals surface area contributed by atoms with E-state index in [2.05, 4.69) is 5.32 Å². The number of ether oxygens (including phenoxy) is 2. The highest BCUT2D eigenvalue weighted by atomic mass is 19.4. The highest BCUT2D eigenvalue weighted by Crippen LogP contribution is 2.35. The van der Waals surface area contributed by atoms with E-state index >= 15 is 0 Å². The number of hydrogen-bond acceptors (Lipinski definition) is 5. The third-order valence-electron chi connectivity index (χ3n) is 4.71. The number of nitrogens with one attached hydrogen (secondary N) is 1. The van der Waals surface area contributed by atoms with Crippen molar-refractivity contribution in [2.75, 3.05) is 33.6 Å². The molecule has 0 spiro atoms. The quantitative estimate of drug-likeness (QED) is 0.562. The Bertz CT molecular complexity index is 1190. The van der Waals surface area contributed by atoms with Crippen molar-refractivity contribution in [3.63, 3.8) is 0 Å². The van der Waals surface area contributed by atoms with Crippen molar-refractivity contribution >= 4 is 17.5 Å². The first-order valence-corrected chi connectivity index (χ1v) is 9.61. The lowest BCUT2D eigenvalue weighted by molar-refractivity contribution is -0.137. The summed E-state index contributed by atoms with van der Waals surface area (Å²) in [5.74, 6) is -0.579. The van der Waals surface area contributed by atoms with E-state index in [0.717, 1.165) is 12.1 Å². The summed E-state index contributed by atoms with van der Waals surface area (Å²) in [6.45, 7) is 0. The van der Waals surface area contributed by atoms with Crippen LogP contribution in [-0.2, 0) is 6.18 Å². The number of benzene rings is 2. The van der Waals surface area contributed by atoms with Gasteiger partial charge in [-0.05, 0) is 30.3 Å².